The maximum atomic E-state index is 11.4. The van der Waals surface area contributed by atoms with Crippen LogP contribution in [0.3, 0.4) is 0 Å². The molecule has 3 rings (SSSR count). The molecule has 9 heteroatoms. The summed E-state index contributed by atoms with van der Waals surface area (Å²) in [7, 11) is -3.61. The standard InChI is InChI=1S/C12H12N4O4S/c13-21(19,20)8-6-15(7-8)11-4-3-10-9(2-1-5-14-10)12(11)16(17)18/h1-5,8H,6-7H2,(H2,13,19,20). The molecule has 2 N–H and O–H groups in total. The van der Waals surface area contributed by atoms with Gasteiger partial charge in [0.25, 0.3) is 0 Å². The van der Waals surface area contributed by atoms with Crippen LogP contribution in [0, 0.1) is 10.1 Å². The minimum absolute atomic E-state index is 0.0616. The monoisotopic (exact) mass is 308 g/mol. The smallest absolute Gasteiger partial charge is 0.301 e. The van der Waals surface area contributed by atoms with Gasteiger partial charge in [0, 0.05) is 19.3 Å². The maximum Gasteiger partial charge on any atom is 0.301 e. The number of anilines is 1. The Balaban J connectivity index is 2.04. The first-order chi connectivity index (χ1) is 9.88. The molecule has 1 aromatic carbocycles. The fraction of sp³-hybridized carbons (Fsp3) is 0.250. The number of hydrogen-bond acceptors (Lipinski definition) is 6. The van der Waals surface area contributed by atoms with E-state index in [-0.39, 0.29) is 18.8 Å². The number of primary sulfonamides is 1. The van der Waals surface area contributed by atoms with Crippen LogP contribution in [0.25, 0.3) is 10.9 Å². The summed E-state index contributed by atoms with van der Waals surface area (Å²) in [6, 6.07) is 6.53. The van der Waals surface area contributed by atoms with Crippen LogP contribution in [0.5, 0.6) is 0 Å². The molecule has 0 aliphatic carbocycles. The van der Waals surface area contributed by atoms with Crippen LogP contribution in [-0.4, -0.2) is 36.7 Å². The summed E-state index contributed by atoms with van der Waals surface area (Å²) in [4.78, 5) is 16.6. The molecule has 1 aromatic heterocycles. The molecule has 0 radical (unpaired) electrons. The molecule has 8 nitrogen and oxygen atoms in total. The summed E-state index contributed by atoms with van der Waals surface area (Å²) in [5, 5.41) is 16.2. The fourth-order valence-corrected chi connectivity index (χ4v) is 3.19. The van der Waals surface area contributed by atoms with Crippen molar-refractivity contribution in [3.8, 4) is 0 Å². The van der Waals surface area contributed by atoms with E-state index in [0.29, 0.717) is 16.6 Å². The van der Waals surface area contributed by atoms with Crippen LogP contribution in [0.4, 0.5) is 11.4 Å². The van der Waals surface area contributed by atoms with Gasteiger partial charge in [-0.15, -0.1) is 0 Å². The van der Waals surface area contributed by atoms with Gasteiger partial charge in [0.1, 0.15) is 10.9 Å². The van der Waals surface area contributed by atoms with Crippen LogP contribution >= 0.6 is 0 Å². The Hall–Kier alpha value is -2.26. The molecule has 0 saturated carbocycles. The molecular formula is C12H12N4O4S. The van der Waals surface area contributed by atoms with E-state index in [2.05, 4.69) is 4.98 Å². The molecule has 0 atom stereocenters. The number of nitrogens with two attached hydrogens (primary N) is 1. The van der Waals surface area contributed by atoms with Crippen molar-refractivity contribution < 1.29 is 13.3 Å². The van der Waals surface area contributed by atoms with Gasteiger partial charge in [0.05, 0.1) is 15.8 Å². The van der Waals surface area contributed by atoms with Crippen molar-refractivity contribution in [3.63, 3.8) is 0 Å². The fourth-order valence-electron chi connectivity index (χ4n) is 2.42. The molecule has 21 heavy (non-hydrogen) atoms. The number of hydrogen-bond donors (Lipinski definition) is 1. The average Bonchev–Trinajstić information content (AvgIpc) is 2.34. The summed E-state index contributed by atoms with van der Waals surface area (Å²) < 4.78 is 22.5. The highest BCUT2D eigenvalue weighted by molar-refractivity contribution is 7.89. The van der Waals surface area contributed by atoms with E-state index in [0.717, 1.165) is 0 Å². The molecule has 0 unspecified atom stereocenters. The van der Waals surface area contributed by atoms with Gasteiger partial charge < -0.3 is 4.90 Å². The third-order valence-electron chi connectivity index (χ3n) is 3.57. The Kier molecular flexibility index (Phi) is 3.03. The molecule has 1 aliphatic rings. The SMILES string of the molecule is NS(=O)(=O)C1CN(c2ccc3ncccc3c2[N+](=O)[O-])C1. The summed E-state index contributed by atoms with van der Waals surface area (Å²) in [6.45, 7) is 0.316. The Morgan fingerprint density at radius 2 is 2.05 bits per heavy atom. The van der Waals surface area contributed by atoms with Crippen LogP contribution < -0.4 is 10.0 Å². The first-order valence-corrected chi connectivity index (χ1v) is 7.77. The lowest BCUT2D eigenvalue weighted by Gasteiger charge is -2.39. The predicted octanol–water partition coefficient (Wildman–Crippen LogP) is 0.620. The lowest BCUT2D eigenvalue weighted by Crippen LogP contribution is -2.56. The zero-order chi connectivity index (χ0) is 15.2. The number of nitro benzene ring substituents is 1. The molecule has 0 amide bonds. The number of benzene rings is 1. The normalized spacial score (nSPS) is 16.0. The van der Waals surface area contributed by atoms with Gasteiger partial charge >= 0.3 is 5.69 Å². The summed E-state index contributed by atoms with van der Waals surface area (Å²) in [6.07, 6.45) is 1.56. The van der Waals surface area contributed by atoms with E-state index in [1.54, 1.807) is 35.4 Å². The van der Waals surface area contributed by atoms with Crippen molar-refractivity contribution in [2.45, 2.75) is 5.25 Å². The van der Waals surface area contributed by atoms with Gasteiger partial charge in [-0.3, -0.25) is 15.1 Å². The molecular weight excluding hydrogens is 296 g/mol. The minimum atomic E-state index is -3.61. The summed E-state index contributed by atoms with van der Waals surface area (Å²) in [5.74, 6) is 0. The van der Waals surface area contributed by atoms with Crippen LogP contribution in [0.15, 0.2) is 30.5 Å². The molecule has 0 bridgehead atoms. The second kappa shape index (κ2) is 4.64. The van der Waals surface area contributed by atoms with Gasteiger partial charge in [0.15, 0.2) is 0 Å². The minimum Gasteiger partial charge on any atom is -0.363 e. The molecule has 110 valence electrons. The lowest BCUT2D eigenvalue weighted by atomic mass is 10.1. The van der Waals surface area contributed by atoms with Crippen molar-refractivity contribution in [2.24, 2.45) is 5.14 Å². The number of pyridine rings is 1. The first-order valence-electron chi connectivity index (χ1n) is 6.16. The second-order valence-electron chi connectivity index (χ2n) is 4.88. The topological polar surface area (TPSA) is 119 Å². The van der Waals surface area contributed by atoms with Gasteiger partial charge in [-0.2, -0.15) is 0 Å². The second-order valence-corrected chi connectivity index (χ2v) is 6.72. The zero-order valence-electron chi connectivity index (χ0n) is 10.8. The molecule has 1 fully saturated rings. The number of nitro groups is 1. The van der Waals surface area contributed by atoms with E-state index in [1.165, 1.54) is 0 Å². The van der Waals surface area contributed by atoms with Gasteiger partial charge in [-0.25, -0.2) is 13.6 Å². The molecule has 2 aromatic rings. The number of rotatable bonds is 3. The highest BCUT2D eigenvalue weighted by Crippen LogP contribution is 2.37. The van der Waals surface area contributed by atoms with Crippen molar-refractivity contribution in [3.05, 3.63) is 40.6 Å². The van der Waals surface area contributed by atoms with Gasteiger partial charge in [-0.1, -0.05) is 0 Å². The molecule has 0 spiro atoms. The third kappa shape index (κ3) is 2.30. The molecule has 2 heterocycles. The van der Waals surface area contributed by atoms with Crippen molar-refractivity contribution >= 4 is 32.3 Å². The Morgan fingerprint density at radius 1 is 1.33 bits per heavy atom. The zero-order valence-corrected chi connectivity index (χ0v) is 11.7. The van der Waals surface area contributed by atoms with Gasteiger partial charge in [-0.05, 0) is 24.3 Å². The van der Waals surface area contributed by atoms with Gasteiger partial charge in [0.2, 0.25) is 10.0 Å². The average molecular weight is 308 g/mol. The summed E-state index contributed by atoms with van der Waals surface area (Å²) >= 11 is 0. The summed E-state index contributed by atoms with van der Waals surface area (Å²) in [5.41, 5.74) is 0.852. The van der Waals surface area contributed by atoms with E-state index in [4.69, 9.17) is 5.14 Å². The third-order valence-corrected chi connectivity index (χ3v) is 4.80. The molecule has 1 aliphatic heterocycles. The van der Waals surface area contributed by atoms with Crippen LogP contribution in [0.1, 0.15) is 0 Å². The Bertz CT molecular complexity index is 830. The van der Waals surface area contributed by atoms with E-state index < -0.39 is 20.2 Å². The van der Waals surface area contributed by atoms with E-state index in [1.807, 2.05) is 0 Å². The largest absolute Gasteiger partial charge is 0.363 e. The number of sulfonamides is 1. The Labute approximate surface area is 120 Å². The number of aromatic nitrogens is 1. The maximum absolute atomic E-state index is 11.4. The number of fused-ring (bicyclic) bond motifs is 1. The highest BCUT2D eigenvalue weighted by Gasteiger charge is 2.38. The van der Waals surface area contributed by atoms with Crippen molar-refractivity contribution in [1.82, 2.24) is 4.98 Å². The van der Waals surface area contributed by atoms with Crippen LogP contribution in [-0.2, 0) is 10.0 Å². The van der Waals surface area contributed by atoms with Crippen LogP contribution in [0.2, 0.25) is 0 Å². The lowest BCUT2D eigenvalue weighted by molar-refractivity contribution is -0.382. The number of nitrogens with zero attached hydrogens (tertiary/aromatic N) is 3. The van der Waals surface area contributed by atoms with E-state index in [9.17, 15) is 18.5 Å². The quantitative estimate of drug-likeness (QED) is 0.655. The molecule has 1 saturated heterocycles. The Morgan fingerprint density at radius 3 is 2.67 bits per heavy atom. The highest BCUT2D eigenvalue weighted by atomic mass is 32.2. The van der Waals surface area contributed by atoms with Crippen molar-refractivity contribution in [2.75, 3.05) is 18.0 Å². The van der Waals surface area contributed by atoms with E-state index >= 15 is 0 Å². The predicted molar refractivity (Wildman–Crippen MR) is 77.5 cm³/mol. The first kappa shape index (κ1) is 13.7. The van der Waals surface area contributed by atoms with Crippen molar-refractivity contribution in [1.29, 1.82) is 0 Å².